The summed E-state index contributed by atoms with van der Waals surface area (Å²) in [7, 11) is 0. The first-order valence-corrected chi connectivity index (χ1v) is 4.68. The van der Waals surface area contributed by atoms with Crippen LogP contribution in [0.4, 0.5) is 8.78 Å². The van der Waals surface area contributed by atoms with Crippen LogP contribution in [0.15, 0.2) is 12.4 Å². The van der Waals surface area contributed by atoms with Gasteiger partial charge in [0.25, 0.3) is 0 Å². The van der Waals surface area contributed by atoms with Crippen LogP contribution in [0.1, 0.15) is 25.7 Å². The number of rotatable bonds is 5. The van der Waals surface area contributed by atoms with E-state index in [1.807, 2.05) is 6.92 Å². The summed E-state index contributed by atoms with van der Waals surface area (Å²) in [5.74, 6) is 2.82. The predicted molar refractivity (Wildman–Crippen MR) is 53.2 cm³/mol. The lowest BCUT2D eigenvalue weighted by molar-refractivity contribution is 0.0665. The maximum Gasteiger partial charge on any atom is 0.319 e. The van der Waals surface area contributed by atoms with E-state index in [-0.39, 0.29) is 12.6 Å². The van der Waals surface area contributed by atoms with Gasteiger partial charge in [-0.1, -0.05) is 12.8 Å². The van der Waals surface area contributed by atoms with Crippen LogP contribution in [0.3, 0.4) is 0 Å². The Morgan fingerprint density at radius 3 is 2.93 bits per heavy atom. The van der Waals surface area contributed by atoms with Gasteiger partial charge in [-0.25, -0.2) is 4.98 Å². The minimum absolute atomic E-state index is 0.104. The Labute approximate surface area is 87.5 Å². The van der Waals surface area contributed by atoms with Gasteiger partial charge in [0.05, 0.1) is 12.6 Å². The number of hydrogen-bond donors (Lipinski definition) is 1. The molecule has 0 amide bonds. The van der Waals surface area contributed by atoms with Crippen molar-refractivity contribution in [2.75, 3.05) is 0 Å². The highest BCUT2D eigenvalue weighted by molar-refractivity contribution is 5.00. The Morgan fingerprint density at radius 2 is 2.40 bits per heavy atom. The van der Waals surface area contributed by atoms with E-state index in [4.69, 9.17) is 6.42 Å². The molecule has 0 aliphatic carbocycles. The lowest BCUT2D eigenvalue weighted by Gasteiger charge is -2.11. The van der Waals surface area contributed by atoms with E-state index in [1.54, 1.807) is 0 Å². The number of hydrogen-bond acceptors (Lipinski definition) is 2. The van der Waals surface area contributed by atoms with Gasteiger partial charge in [0, 0.05) is 12.4 Å². The van der Waals surface area contributed by atoms with E-state index >= 15 is 0 Å². The molecule has 1 aromatic rings. The standard InChI is InChI=1S/C10H13F2N3/c1-3-8(4-2)14-7-9-13-5-6-15(9)10(11)12/h1,5-6,8,10,14H,4,7H2,2H3. The number of halogens is 2. The lowest BCUT2D eigenvalue weighted by atomic mass is 10.2. The number of alkyl halides is 2. The molecule has 0 aromatic carbocycles. The Morgan fingerprint density at radius 1 is 1.67 bits per heavy atom. The van der Waals surface area contributed by atoms with Crippen LogP contribution in [0, 0.1) is 12.3 Å². The molecule has 0 spiro atoms. The van der Waals surface area contributed by atoms with Crippen molar-refractivity contribution in [3.05, 3.63) is 18.2 Å². The summed E-state index contributed by atoms with van der Waals surface area (Å²) in [6, 6.07) is -0.104. The predicted octanol–water partition coefficient (Wildman–Crippen LogP) is 1.78. The maximum absolute atomic E-state index is 12.4. The van der Waals surface area contributed by atoms with Crippen molar-refractivity contribution in [1.29, 1.82) is 0 Å². The molecule has 82 valence electrons. The first-order valence-electron chi connectivity index (χ1n) is 4.68. The van der Waals surface area contributed by atoms with Crippen LogP contribution in [0.25, 0.3) is 0 Å². The van der Waals surface area contributed by atoms with Crippen molar-refractivity contribution in [2.24, 2.45) is 0 Å². The van der Waals surface area contributed by atoms with Gasteiger partial charge in [-0.3, -0.25) is 9.88 Å². The number of nitrogens with zero attached hydrogens (tertiary/aromatic N) is 2. The zero-order valence-corrected chi connectivity index (χ0v) is 8.45. The third-order valence-corrected chi connectivity index (χ3v) is 2.08. The smallest absolute Gasteiger partial charge is 0.297 e. The molecule has 15 heavy (non-hydrogen) atoms. The maximum atomic E-state index is 12.4. The summed E-state index contributed by atoms with van der Waals surface area (Å²) < 4.78 is 25.6. The van der Waals surface area contributed by atoms with Gasteiger partial charge in [0.2, 0.25) is 0 Å². The molecule has 0 saturated carbocycles. The van der Waals surface area contributed by atoms with Crippen LogP contribution in [0.5, 0.6) is 0 Å². The third-order valence-electron chi connectivity index (χ3n) is 2.08. The minimum Gasteiger partial charge on any atom is -0.297 e. The fourth-order valence-electron chi connectivity index (χ4n) is 1.19. The van der Waals surface area contributed by atoms with Gasteiger partial charge in [0.15, 0.2) is 0 Å². The number of imidazole rings is 1. The van der Waals surface area contributed by atoms with E-state index in [1.165, 1.54) is 12.4 Å². The third kappa shape index (κ3) is 3.03. The zero-order valence-electron chi connectivity index (χ0n) is 8.45. The van der Waals surface area contributed by atoms with E-state index in [9.17, 15) is 8.78 Å². The van der Waals surface area contributed by atoms with Crippen molar-refractivity contribution in [3.63, 3.8) is 0 Å². The van der Waals surface area contributed by atoms with Crippen LogP contribution in [-0.2, 0) is 6.54 Å². The van der Waals surface area contributed by atoms with E-state index in [2.05, 4.69) is 16.2 Å². The largest absolute Gasteiger partial charge is 0.319 e. The highest BCUT2D eigenvalue weighted by Gasteiger charge is 2.11. The molecule has 1 aromatic heterocycles. The molecule has 1 rings (SSSR count). The molecule has 0 bridgehead atoms. The summed E-state index contributed by atoms with van der Waals surface area (Å²) in [4.78, 5) is 3.83. The molecule has 1 N–H and O–H groups in total. The van der Waals surface area contributed by atoms with Crippen LogP contribution >= 0.6 is 0 Å². The first kappa shape index (κ1) is 11.7. The minimum atomic E-state index is -2.56. The molecular weight excluding hydrogens is 200 g/mol. The highest BCUT2D eigenvalue weighted by Crippen LogP contribution is 2.12. The molecule has 1 atom stereocenters. The summed E-state index contributed by atoms with van der Waals surface area (Å²) >= 11 is 0. The highest BCUT2D eigenvalue weighted by atomic mass is 19.3. The van der Waals surface area contributed by atoms with Crippen molar-refractivity contribution in [3.8, 4) is 12.3 Å². The van der Waals surface area contributed by atoms with Crippen molar-refractivity contribution in [1.82, 2.24) is 14.9 Å². The molecule has 0 aliphatic heterocycles. The number of aromatic nitrogens is 2. The molecule has 1 unspecified atom stereocenters. The van der Waals surface area contributed by atoms with Crippen LogP contribution in [-0.4, -0.2) is 15.6 Å². The number of nitrogens with one attached hydrogen (secondary N) is 1. The Bertz CT molecular complexity index is 341. The van der Waals surface area contributed by atoms with Crippen molar-refractivity contribution >= 4 is 0 Å². The zero-order chi connectivity index (χ0) is 11.3. The molecule has 0 aliphatic rings. The average Bonchev–Trinajstić information content (AvgIpc) is 2.67. The van der Waals surface area contributed by atoms with Gasteiger partial charge in [-0.05, 0) is 6.42 Å². The number of terminal acetylenes is 1. The van der Waals surface area contributed by atoms with Crippen LogP contribution < -0.4 is 5.32 Å². The van der Waals surface area contributed by atoms with Crippen molar-refractivity contribution in [2.45, 2.75) is 32.5 Å². The molecule has 5 heteroatoms. The topological polar surface area (TPSA) is 29.9 Å². The quantitative estimate of drug-likeness (QED) is 0.755. The second-order valence-electron chi connectivity index (χ2n) is 3.04. The lowest BCUT2D eigenvalue weighted by Crippen LogP contribution is -2.27. The van der Waals surface area contributed by atoms with Gasteiger partial charge in [0.1, 0.15) is 5.82 Å². The summed E-state index contributed by atoms with van der Waals surface area (Å²) in [5, 5.41) is 2.96. The molecule has 0 radical (unpaired) electrons. The van der Waals surface area contributed by atoms with E-state index in [0.717, 1.165) is 11.0 Å². The van der Waals surface area contributed by atoms with E-state index in [0.29, 0.717) is 5.82 Å². The Balaban J connectivity index is 2.58. The van der Waals surface area contributed by atoms with Gasteiger partial charge >= 0.3 is 6.55 Å². The van der Waals surface area contributed by atoms with Crippen LogP contribution in [0.2, 0.25) is 0 Å². The fraction of sp³-hybridized carbons (Fsp3) is 0.500. The van der Waals surface area contributed by atoms with E-state index < -0.39 is 6.55 Å². The second-order valence-corrected chi connectivity index (χ2v) is 3.04. The molecule has 3 nitrogen and oxygen atoms in total. The fourth-order valence-corrected chi connectivity index (χ4v) is 1.19. The normalized spacial score (nSPS) is 12.7. The SMILES string of the molecule is C#CC(CC)NCc1nccn1C(F)F. The summed E-state index contributed by atoms with van der Waals surface area (Å²) in [5.41, 5.74) is 0. The average molecular weight is 213 g/mol. The first-order chi connectivity index (χ1) is 7.19. The van der Waals surface area contributed by atoms with Gasteiger partial charge < -0.3 is 0 Å². The Hall–Kier alpha value is -1.41. The summed E-state index contributed by atoms with van der Waals surface area (Å²) in [6.45, 7) is -0.382. The summed E-state index contributed by atoms with van der Waals surface area (Å²) in [6.07, 6.45) is 8.58. The van der Waals surface area contributed by atoms with Crippen molar-refractivity contribution < 1.29 is 8.78 Å². The van der Waals surface area contributed by atoms with Gasteiger partial charge in [-0.15, -0.1) is 6.42 Å². The molecule has 0 saturated heterocycles. The molecular formula is C10H13F2N3. The second kappa shape index (κ2) is 5.47. The molecule has 1 heterocycles. The monoisotopic (exact) mass is 213 g/mol. The molecule has 0 fully saturated rings. The Kier molecular flexibility index (Phi) is 4.25. The van der Waals surface area contributed by atoms with Gasteiger partial charge in [-0.2, -0.15) is 8.78 Å².